The molecule has 0 fully saturated rings. The lowest BCUT2D eigenvalue weighted by Gasteiger charge is -2.39. The van der Waals surface area contributed by atoms with Gasteiger partial charge in [0, 0.05) is 15.2 Å². The maximum absolute atomic E-state index is 2.64. The van der Waals surface area contributed by atoms with Crippen molar-refractivity contribution in [1.82, 2.24) is 0 Å². The Morgan fingerprint density at radius 2 is 0.929 bits per heavy atom. The third-order valence-electron chi connectivity index (χ3n) is 4.14. The first-order valence-electron chi connectivity index (χ1n) is 6.37. The summed E-state index contributed by atoms with van der Waals surface area (Å²) in [7, 11) is -1.70. The average molecular weight is 231 g/mol. The van der Waals surface area contributed by atoms with Crippen LogP contribution in [0.25, 0.3) is 0 Å². The van der Waals surface area contributed by atoms with Crippen molar-refractivity contribution in [3.05, 3.63) is 0 Å². The minimum absolute atomic E-state index is 0.850. The molecule has 0 aliphatic heterocycles. The zero-order valence-electron chi connectivity index (χ0n) is 11.2. The fourth-order valence-corrected chi connectivity index (χ4v) is 10.9. The molecule has 86 valence electrons. The lowest BCUT2D eigenvalue weighted by atomic mass is 10.4. The molecule has 0 unspecified atom stereocenters. The van der Waals surface area contributed by atoms with E-state index in [1.54, 1.807) is 12.1 Å². The molecule has 0 amide bonds. The molecule has 0 aromatic heterocycles. The maximum atomic E-state index is 2.64. The second kappa shape index (κ2) is 6.11. The zero-order chi connectivity index (χ0) is 11.2. The first-order chi connectivity index (χ1) is 6.37. The van der Waals surface area contributed by atoms with Crippen LogP contribution < -0.4 is 0 Å². The van der Waals surface area contributed by atoms with Crippen LogP contribution in [-0.4, -0.2) is 15.2 Å². The summed E-state index contributed by atoms with van der Waals surface area (Å²) in [6, 6.07) is 3.15. The zero-order valence-corrected chi connectivity index (χ0v) is 13.2. The van der Waals surface area contributed by atoms with E-state index in [1.807, 2.05) is 0 Å². The quantitative estimate of drug-likeness (QED) is 0.535. The first kappa shape index (κ1) is 14.4. The number of rotatable bonds is 7. The predicted octanol–water partition coefficient (Wildman–Crippen LogP) is 5.08. The van der Waals surface area contributed by atoms with Crippen LogP contribution in [0.1, 0.15) is 39.5 Å². The lowest BCUT2D eigenvalue weighted by molar-refractivity contribution is 0.860. The summed E-state index contributed by atoms with van der Waals surface area (Å²) in [5.74, 6) is 0. The highest BCUT2D eigenvalue weighted by Crippen LogP contribution is 2.29. The highest BCUT2D eigenvalue weighted by atomic mass is 29.3. The molecule has 0 rings (SSSR count). The molecule has 0 aromatic carbocycles. The van der Waals surface area contributed by atoms with Crippen molar-refractivity contribution in [1.29, 1.82) is 0 Å². The van der Waals surface area contributed by atoms with Gasteiger partial charge in [-0.15, -0.1) is 0 Å². The van der Waals surface area contributed by atoms with Gasteiger partial charge in [-0.05, 0) is 0 Å². The Hall–Kier alpha value is 0.434. The van der Waals surface area contributed by atoms with Gasteiger partial charge in [0.15, 0.2) is 0 Å². The smallest absolute Gasteiger partial charge is 0.0412 e. The fourth-order valence-electron chi connectivity index (χ4n) is 1.91. The van der Waals surface area contributed by atoms with Gasteiger partial charge >= 0.3 is 0 Å². The van der Waals surface area contributed by atoms with Gasteiger partial charge in [-0.2, -0.15) is 0 Å². The Bertz CT molecular complexity index is 132. The molecule has 0 N–H and O–H groups in total. The van der Waals surface area contributed by atoms with Crippen LogP contribution in [0.3, 0.4) is 0 Å². The Balaban J connectivity index is 4.20. The normalized spacial score (nSPS) is 13.3. The van der Waals surface area contributed by atoms with Crippen molar-refractivity contribution in [3.8, 4) is 0 Å². The van der Waals surface area contributed by atoms with Gasteiger partial charge in [-0.25, -0.2) is 0 Å². The molecule has 0 aliphatic carbocycles. The molecule has 0 saturated heterocycles. The molecule has 0 spiro atoms. The maximum Gasteiger partial charge on any atom is 0.0412 e. The van der Waals surface area contributed by atoms with Crippen LogP contribution in [0.2, 0.25) is 38.3 Å². The van der Waals surface area contributed by atoms with E-state index in [0.29, 0.717) is 0 Å². The van der Waals surface area contributed by atoms with Crippen molar-refractivity contribution >= 4 is 15.2 Å². The van der Waals surface area contributed by atoms with E-state index in [1.165, 1.54) is 25.7 Å². The molecule has 2 heteroatoms. The van der Waals surface area contributed by atoms with Crippen molar-refractivity contribution in [2.24, 2.45) is 0 Å². The Kier molecular flexibility index (Phi) is 6.30. The Morgan fingerprint density at radius 3 is 1.14 bits per heavy atom. The van der Waals surface area contributed by atoms with E-state index in [4.69, 9.17) is 0 Å². The summed E-state index contributed by atoms with van der Waals surface area (Å²) in [5.41, 5.74) is 0. The van der Waals surface area contributed by atoms with Gasteiger partial charge in [0.2, 0.25) is 0 Å². The van der Waals surface area contributed by atoms with E-state index >= 15 is 0 Å². The number of hydrogen-bond donors (Lipinski definition) is 0. The molecular weight excluding hydrogens is 200 g/mol. The fraction of sp³-hybridized carbons (Fsp3) is 1.00. The van der Waals surface area contributed by atoms with Crippen molar-refractivity contribution in [2.45, 2.75) is 77.8 Å². The molecule has 0 aromatic rings. The lowest BCUT2D eigenvalue weighted by Crippen LogP contribution is -2.54. The van der Waals surface area contributed by atoms with E-state index in [2.05, 4.69) is 40.0 Å². The second-order valence-corrected chi connectivity index (χ2v) is 22.6. The molecule has 0 bridgehead atoms. The molecule has 0 radical (unpaired) electrons. The van der Waals surface area contributed by atoms with Crippen LogP contribution in [0, 0.1) is 0 Å². The molecule has 0 aliphatic rings. The van der Waals surface area contributed by atoms with Gasteiger partial charge in [-0.3, -0.25) is 0 Å². The summed E-state index contributed by atoms with van der Waals surface area (Å²) in [6.45, 7) is 15.2. The average Bonchev–Trinajstić information content (AvgIpc) is 2.11. The van der Waals surface area contributed by atoms with Gasteiger partial charge in [-0.1, -0.05) is 77.8 Å². The van der Waals surface area contributed by atoms with Crippen LogP contribution in [-0.2, 0) is 0 Å². The molecule has 14 heavy (non-hydrogen) atoms. The molecule has 0 atom stereocenters. The van der Waals surface area contributed by atoms with E-state index in [0.717, 1.165) is 0 Å². The van der Waals surface area contributed by atoms with Gasteiger partial charge in [0.25, 0.3) is 0 Å². The van der Waals surface area contributed by atoms with E-state index < -0.39 is 15.2 Å². The monoisotopic (exact) mass is 230 g/mol. The summed E-state index contributed by atoms with van der Waals surface area (Å²) >= 11 is 0. The van der Waals surface area contributed by atoms with E-state index in [-0.39, 0.29) is 0 Å². The summed E-state index contributed by atoms with van der Waals surface area (Å²) < 4.78 is 0. The summed E-state index contributed by atoms with van der Waals surface area (Å²) in [5, 5.41) is 0. The Morgan fingerprint density at radius 1 is 0.643 bits per heavy atom. The molecule has 0 heterocycles. The number of unbranched alkanes of at least 4 members (excludes halogenated alkanes) is 2. The number of hydrogen-bond acceptors (Lipinski definition) is 0. The van der Waals surface area contributed by atoms with Crippen LogP contribution in [0.15, 0.2) is 0 Å². The molecular formula is C12H30Si2. The minimum Gasteiger partial charge on any atom is -0.0713 e. The van der Waals surface area contributed by atoms with Gasteiger partial charge in [0.05, 0.1) is 0 Å². The second-order valence-electron chi connectivity index (χ2n) is 5.97. The molecule has 0 nitrogen and oxygen atoms in total. The first-order valence-corrected chi connectivity index (χ1v) is 13.8. The van der Waals surface area contributed by atoms with Gasteiger partial charge in [0.1, 0.15) is 0 Å². The molecule has 0 saturated carbocycles. The van der Waals surface area contributed by atoms with Gasteiger partial charge < -0.3 is 0 Å². The summed E-state index contributed by atoms with van der Waals surface area (Å²) in [6.07, 6.45) is 5.72. The van der Waals surface area contributed by atoms with E-state index in [9.17, 15) is 0 Å². The van der Waals surface area contributed by atoms with Crippen LogP contribution in [0.5, 0.6) is 0 Å². The Labute approximate surface area is 93.3 Å². The van der Waals surface area contributed by atoms with Crippen LogP contribution in [0.4, 0.5) is 0 Å². The largest absolute Gasteiger partial charge is 0.0713 e. The minimum atomic E-state index is -0.850. The van der Waals surface area contributed by atoms with Crippen LogP contribution >= 0.6 is 0 Å². The van der Waals surface area contributed by atoms with Crippen molar-refractivity contribution in [2.75, 3.05) is 0 Å². The summed E-state index contributed by atoms with van der Waals surface area (Å²) in [4.78, 5) is 0. The topological polar surface area (TPSA) is 0 Å². The standard InChI is InChI=1S/C12H30Si2/c1-7-9-11-13(3,4)14(5,6)12-10-8-2/h7-12H2,1-6H3. The predicted molar refractivity (Wildman–Crippen MR) is 74.4 cm³/mol. The highest BCUT2D eigenvalue weighted by molar-refractivity contribution is 7.40. The van der Waals surface area contributed by atoms with Crippen molar-refractivity contribution < 1.29 is 0 Å². The third-order valence-corrected chi connectivity index (χ3v) is 23.5. The van der Waals surface area contributed by atoms with Crippen molar-refractivity contribution in [3.63, 3.8) is 0 Å². The highest BCUT2D eigenvalue weighted by Gasteiger charge is 2.38. The third kappa shape index (κ3) is 4.30. The SMILES string of the molecule is CCCC[Si](C)(C)[Si](C)(C)CCCC.